The third-order valence-corrected chi connectivity index (χ3v) is 3.73. The van der Waals surface area contributed by atoms with Gasteiger partial charge in [-0.2, -0.15) is 0 Å². The average Bonchev–Trinajstić information content (AvgIpc) is 2.53. The molecule has 0 aliphatic carbocycles. The highest BCUT2D eigenvalue weighted by atomic mass is 35.5. The number of rotatable bonds is 5. The van der Waals surface area contributed by atoms with Gasteiger partial charge in [-0.05, 0) is 17.2 Å². The van der Waals surface area contributed by atoms with Crippen LogP contribution >= 0.6 is 12.4 Å². The first-order valence-electron chi connectivity index (χ1n) is 6.89. The van der Waals surface area contributed by atoms with Crippen molar-refractivity contribution in [3.8, 4) is 0 Å². The second kappa shape index (κ2) is 7.29. The molecule has 1 atom stereocenters. The molecule has 0 saturated heterocycles. The second-order valence-electron chi connectivity index (χ2n) is 5.39. The van der Waals surface area contributed by atoms with Gasteiger partial charge in [0.1, 0.15) is 11.2 Å². The van der Waals surface area contributed by atoms with Crippen molar-refractivity contribution in [2.75, 3.05) is 19.0 Å². The summed E-state index contributed by atoms with van der Waals surface area (Å²) in [6.07, 6.45) is 0. The minimum Gasteiger partial charge on any atom is -0.372 e. The maximum absolute atomic E-state index is 12.0. The number of nitrogens with zero attached hydrogens (tertiary/aromatic N) is 2. The van der Waals surface area contributed by atoms with Crippen molar-refractivity contribution in [1.82, 2.24) is 0 Å². The van der Waals surface area contributed by atoms with E-state index in [0.717, 1.165) is 0 Å². The highest BCUT2D eigenvalue weighted by Gasteiger charge is 2.37. The molecule has 0 saturated carbocycles. The topological polar surface area (TPSA) is 115 Å². The molecule has 128 valence electrons. The third-order valence-electron chi connectivity index (χ3n) is 3.73. The first-order valence-corrected chi connectivity index (χ1v) is 6.89. The zero-order valence-electron chi connectivity index (χ0n) is 13.3. The Morgan fingerprint density at radius 3 is 2.17 bits per heavy atom. The number of nitro groups is 1. The van der Waals surface area contributed by atoms with Crippen LogP contribution < -0.4 is 16.4 Å². The van der Waals surface area contributed by atoms with Gasteiger partial charge in [0.15, 0.2) is 0 Å². The number of hydrogen-bond donors (Lipinski definition) is 2. The average molecular weight is 351 g/mol. The summed E-state index contributed by atoms with van der Waals surface area (Å²) in [6.45, 7) is 0. The molecule has 1 unspecified atom stereocenters. The quantitative estimate of drug-likeness (QED) is 0.629. The van der Waals surface area contributed by atoms with Crippen molar-refractivity contribution in [3.63, 3.8) is 0 Å². The lowest BCUT2D eigenvalue weighted by Crippen LogP contribution is -2.50. The molecule has 2 aromatic carbocycles. The molecule has 0 aromatic heterocycles. The van der Waals surface area contributed by atoms with Crippen LogP contribution in [0.15, 0.2) is 48.5 Å². The fourth-order valence-electron chi connectivity index (χ4n) is 2.45. The van der Waals surface area contributed by atoms with E-state index in [-0.39, 0.29) is 23.7 Å². The summed E-state index contributed by atoms with van der Waals surface area (Å²) in [5.41, 5.74) is 11.2. The van der Waals surface area contributed by atoms with Crippen LogP contribution in [0.5, 0.6) is 0 Å². The van der Waals surface area contributed by atoms with Crippen molar-refractivity contribution < 1.29 is 9.72 Å². The molecule has 7 nitrogen and oxygen atoms in total. The van der Waals surface area contributed by atoms with E-state index in [1.807, 2.05) is 0 Å². The number of primary amides is 1. The molecule has 2 rings (SSSR count). The zero-order chi connectivity index (χ0) is 17.2. The Morgan fingerprint density at radius 2 is 1.71 bits per heavy atom. The van der Waals surface area contributed by atoms with Crippen LogP contribution in [0, 0.1) is 10.1 Å². The number of anilines is 1. The van der Waals surface area contributed by atoms with Crippen LogP contribution in [-0.2, 0) is 10.3 Å². The van der Waals surface area contributed by atoms with Gasteiger partial charge < -0.3 is 16.4 Å². The third kappa shape index (κ3) is 3.32. The number of nitro benzene ring substituents is 1. The summed E-state index contributed by atoms with van der Waals surface area (Å²) in [4.78, 5) is 24.5. The van der Waals surface area contributed by atoms with Crippen molar-refractivity contribution in [3.05, 3.63) is 69.8 Å². The van der Waals surface area contributed by atoms with Crippen LogP contribution in [0.4, 0.5) is 11.4 Å². The van der Waals surface area contributed by atoms with E-state index >= 15 is 0 Å². The molecule has 0 bridgehead atoms. The predicted molar refractivity (Wildman–Crippen MR) is 95.3 cm³/mol. The second-order valence-corrected chi connectivity index (χ2v) is 5.39. The lowest BCUT2D eigenvalue weighted by atomic mass is 9.82. The van der Waals surface area contributed by atoms with Crippen LogP contribution in [0.25, 0.3) is 0 Å². The van der Waals surface area contributed by atoms with Gasteiger partial charge in [-0.1, -0.05) is 36.4 Å². The van der Waals surface area contributed by atoms with Crippen molar-refractivity contribution in [1.29, 1.82) is 0 Å². The SMILES string of the molecule is CN(C)c1ccc(C(N)(C(N)=O)c2ccccc2)cc1[N+](=O)[O-].Cl. The van der Waals surface area contributed by atoms with Crippen LogP contribution in [0.1, 0.15) is 11.1 Å². The number of carbonyl (C=O) groups excluding carboxylic acids is 1. The summed E-state index contributed by atoms with van der Waals surface area (Å²) in [5.74, 6) is -0.782. The number of carbonyl (C=O) groups is 1. The highest BCUT2D eigenvalue weighted by molar-refractivity contribution is 5.90. The molecule has 0 fully saturated rings. The summed E-state index contributed by atoms with van der Waals surface area (Å²) < 4.78 is 0. The largest absolute Gasteiger partial charge is 0.372 e. The minimum absolute atomic E-state index is 0. The zero-order valence-corrected chi connectivity index (χ0v) is 14.1. The lowest BCUT2D eigenvalue weighted by Gasteiger charge is -2.27. The molecule has 0 spiro atoms. The van der Waals surface area contributed by atoms with Crippen LogP contribution in [-0.4, -0.2) is 24.9 Å². The van der Waals surface area contributed by atoms with E-state index in [0.29, 0.717) is 11.3 Å². The predicted octanol–water partition coefficient (Wildman–Crippen LogP) is 1.77. The Balaban J connectivity index is 0.00000288. The van der Waals surface area contributed by atoms with Gasteiger partial charge in [0.2, 0.25) is 5.91 Å². The minimum atomic E-state index is -1.64. The Bertz CT molecular complexity index is 752. The Kier molecular flexibility index (Phi) is 5.89. The molecule has 4 N–H and O–H groups in total. The molecule has 0 aliphatic rings. The number of halogens is 1. The van der Waals surface area contributed by atoms with Crippen LogP contribution in [0.3, 0.4) is 0 Å². The van der Waals surface area contributed by atoms with Gasteiger partial charge in [-0.15, -0.1) is 12.4 Å². The molecule has 24 heavy (non-hydrogen) atoms. The van der Waals surface area contributed by atoms with E-state index in [1.165, 1.54) is 6.07 Å². The van der Waals surface area contributed by atoms with Crippen LogP contribution in [0.2, 0.25) is 0 Å². The fourth-order valence-corrected chi connectivity index (χ4v) is 2.45. The van der Waals surface area contributed by atoms with Gasteiger partial charge in [-0.25, -0.2) is 0 Å². The monoisotopic (exact) mass is 350 g/mol. The maximum Gasteiger partial charge on any atom is 0.292 e. The van der Waals surface area contributed by atoms with Gasteiger partial charge in [0, 0.05) is 20.2 Å². The molecular formula is C16H19ClN4O3. The maximum atomic E-state index is 12.0. The van der Waals surface area contributed by atoms with Gasteiger partial charge >= 0.3 is 0 Å². The standard InChI is InChI=1S/C16H18N4O3.ClH/c1-19(2)13-9-8-12(10-14(13)20(22)23)16(18,15(17)21)11-6-4-3-5-7-11;/h3-10H,18H2,1-2H3,(H2,17,21);1H. The number of amides is 1. The van der Waals surface area contributed by atoms with Crippen molar-refractivity contribution in [2.24, 2.45) is 11.5 Å². The summed E-state index contributed by atoms with van der Waals surface area (Å²) in [7, 11) is 3.39. The first kappa shape index (κ1) is 19.4. The molecular weight excluding hydrogens is 332 g/mol. The van der Waals surface area contributed by atoms with E-state index in [4.69, 9.17) is 11.5 Å². The van der Waals surface area contributed by atoms with Crippen molar-refractivity contribution in [2.45, 2.75) is 5.54 Å². The molecule has 0 heterocycles. The van der Waals surface area contributed by atoms with Gasteiger partial charge in [0.25, 0.3) is 5.69 Å². The Hall–Kier alpha value is -2.64. The molecule has 1 amide bonds. The summed E-state index contributed by atoms with van der Waals surface area (Å²) >= 11 is 0. The lowest BCUT2D eigenvalue weighted by molar-refractivity contribution is -0.384. The molecule has 2 aromatic rings. The smallest absolute Gasteiger partial charge is 0.292 e. The molecule has 0 radical (unpaired) electrons. The van der Waals surface area contributed by atoms with E-state index in [2.05, 4.69) is 0 Å². The Morgan fingerprint density at radius 1 is 1.12 bits per heavy atom. The number of nitrogens with two attached hydrogens (primary N) is 2. The highest BCUT2D eigenvalue weighted by Crippen LogP contribution is 2.34. The van der Waals surface area contributed by atoms with E-state index in [9.17, 15) is 14.9 Å². The first-order chi connectivity index (χ1) is 10.8. The van der Waals surface area contributed by atoms with Gasteiger partial charge in [0.05, 0.1) is 4.92 Å². The normalized spacial score (nSPS) is 12.6. The van der Waals surface area contributed by atoms with E-state index in [1.54, 1.807) is 61.5 Å². The van der Waals surface area contributed by atoms with E-state index < -0.39 is 16.4 Å². The van der Waals surface area contributed by atoms with Crippen molar-refractivity contribution >= 4 is 29.7 Å². The fraction of sp³-hybridized carbons (Fsp3) is 0.188. The molecule has 8 heteroatoms. The summed E-state index contributed by atoms with van der Waals surface area (Å²) in [5, 5.41) is 11.3. The molecule has 0 aliphatic heterocycles. The summed E-state index contributed by atoms with van der Waals surface area (Å²) in [6, 6.07) is 13.0. The number of hydrogen-bond acceptors (Lipinski definition) is 5. The number of benzene rings is 2. The Labute approximate surface area is 145 Å². The van der Waals surface area contributed by atoms with Gasteiger partial charge in [-0.3, -0.25) is 14.9 Å².